The van der Waals surface area contributed by atoms with E-state index >= 15 is 0 Å². The monoisotopic (exact) mass is 506 g/mol. The van der Waals surface area contributed by atoms with Crippen molar-refractivity contribution in [3.63, 3.8) is 0 Å². The summed E-state index contributed by atoms with van der Waals surface area (Å²) in [6.45, 7) is 10.1. The Kier molecular flexibility index (Phi) is 6.94. The highest BCUT2D eigenvalue weighted by molar-refractivity contribution is 5.90. The van der Waals surface area contributed by atoms with E-state index in [-0.39, 0.29) is 6.09 Å². The molecule has 6 heteroatoms. The lowest BCUT2D eigenvalue weighted by Crippen LogP contribution is -2.35. The van der Waals surface area contributed by atoms with Crippen LogP contribution >= 0.6 is 0 Å². The second-order valence-electron chi connectivity index (χ2n) is 11.1. The average molecular weight is 507 g/mol. The van der Waals surface area contributed by atoms with Gasteiger partial charge in [0.15, 0.2) is 0 Å². The summed E-state index contributed by atoms with van der Waals surface area (Å²) in [4.78, 5) is 19.5. The van der Waals surface area contributed by atoms with E-state index in [1.807, 2.05) is 49.9 Å². The quantitative estimate of drug-likeness (QED) is 0.290. The number of fused-ring (bicyclic) bond motifs is 1. The first kappa shape index (κ1) is 25.5. The van der Waals surface area contributed by atoms with E-state index in [2.05, 4.69) is 60.2 Å². The molecule has 1 aliphatic rings. The maximum absolute atomic E-state index is 12.5. The Morgan fingerprint density at radius 1 is 1.08 bits per heavy atom. The highest BCUT2D eigenvalue weighted by Gasteiger charge is 2.30. The number of amides is 1. The van der Waals surface area contributed by atoms with Gasteiger partial charge in [0.2, 0.25) is 0 Å². The van der Waals surface area contributed by atoms with Crippen molar-refractivity contribution in [3.05, 3.63) is 78.0 Å². The van der Waals surface area contributed by atoms with Crippen LogP contribution in [-0.4, -0.2) is 39.2 Å². The van der Waals surface area contributed by atoms with Gasteiger partial charge >= 0.3 is 6.09 Å². The van der Waals surface area contributed by atoms with E-state index in [0.29, 0.717) is 24.6 Å². The summed E-state index contributed by atoms with van der Waals surface area (Å²) in [5, 5.41) is 9.28. The first-order chi connectivity index (χ1) is 18.2. The summed E-state index contributed by atoms with van der Waals surface area (Å²) in [5.74, 6) is 0.345. The average Bonchev–Trinajstić information content (AvgIpc) is 3.54. The van der Waals surface area contributed by atoms with Gasteiger partial charge in [-0.05, 0) is 74.9 Å². The fourth-order valence-corrected chi connectivity index (χ4v) is 5.08. The van der Waals surface area contributed by atoms with Crippen molar-refractivity contribution in [3.8, 4) is 28.5 Å². The number of carbonyl (C=O) groups excluding carboxylic acids is 1. The summed E-state index contributed by atoms with van der Waals surface area (Å²) in [5.41, 5.74) is 7.50. The summed E-state index contributed by atoms with van der Waals surface area (Å²) in [6, 6.07) is 22.8. The molecule has 3 heterocycles. The molecule has 5 rings (SSSR count). The first-order valence-electron chi connectivity index (χ1n) is 13.3. The second-order valence-corrected chi connectivity index (χ2v) is 11.1. The molecule has 0 saturated carbocycles. The molecule has 0 N–H and O–H groups in total. The maximum atomic E-state index is 12.5. The number of hydrogen-bond acceptors (Lipinski definition) is 4. The lowest BCUT2D eigenvalue weighted by Gasteiger charge is -2.24. The van der Waals surface area contributed by atoms with Gasteiger partial charge in [-0.2, -0.15) is 5.26 Å². The first-order valence-corrected chi connectivity index (χ1v) is 13.3. The number of nitrogens with zero attached hydrogens (tertiary/aromatic N) is 4. The van der Waals surface area contributed by atoms with Crippen LogP contribution in [0, 0.1) is 17.2 Å². The Bertz CT molecular complexity index is 1490. The van der Waals surface area contributed by atoms with Crippen molar-refractivity contribution >= 4 is 17.1 Å². The van der Waals surface area contributed by atoms with Crippen LogP contribution in [0.2, 0.25) is 0 Å². The van der Waals surface area contributed by atoms with Gasteiger partial charge < -0.3 is 14.2 Å². The molecule has 2 aromatic carbocycles. The molecule has 1 amide bonds. The van der Waals surface area contributed by atoms with E-state index in [1.54, 1.807) is 0 Å². The highest BCUT2D eigenvalue weighted by Crippen LogP contribution is 2.35. The molecule has 194 valence electrons. The minimum absolute atomic E-state index is 0.235. The van der Waals surface area contributed by atoms with Crippen LogP contribution < -0.4 is 0 Å². The van der Waals surface area contributed by atoms with Gasteiger partial charge in [0.05, 0.1) is 28.4 Å². The lowest BCUT2D eigenvalue weighted by atomic mass is 9.97. The zero-order valence-electron chi connectivity index (χ0n) is 22.6. The predicted octanol–water partition coefficient (Wildman–Crippen LogP) is 7.06. The van der Waals surface area contributed by atoms with Crippen molar-refractivity contribution in [2.24, 2.45) is 5.92 Å². The number of carbonyl (C=O) groups is 1. The molecule has 1 saturated heterocycles. The SMILES string of the molecule is CCc1ccc(-c2nc3ccn(CC4CCN(C(=O)OC(C)(C)C)C4)c3cc2-c2ccc(C#N)cc2)cc1. The summed E-state index contributed by atoms with van der Waals surface area (Å²) in [6.07, 6.45) is 3.79. The third kappa shape index (κ3) is 5.43. The number of hydrogen-bond donors (Lipinski definition) is 0. The molecule has 1 fully saturated rings. The Labute approximate surface area is 224 Å². The van der Waals surface area contributed by atoms with Crippen molar-refractivity contribution in [1.82, 2.24) is 14.5 Å². The van der Waals surface area contributed by atoms with Crippen LogP contribution in [0.4, 0.5) is 4.79 Å². The lowest BCUT2D eigenvalue weighted by molar-refractivity contribution is 0.0287. The normalized spacial score (nSPS) is 15.6. The van der Waals surface area contributed by atoms with Crippen LogP contribution in [-0.2, 0) is 17.7 Å². The minimum atomic E-state index is -0.492. The van der Waals surface area contributed by atoms with Gasteiger partial charge in [-0.3, -0.25) is 0 Å². The number of pyridine rings is 1. The number of rotatable bonds is 5. The van der Waals surface area contributed by atoms with Gasteiger partial charge in [0, 0.05) is 37.0 Å². The largest absolute Gasteiger partial charge is 0.444 e. The number of aromatic nitrogens is 2. The third-order valence-electron chi connectivity index (χ3n) is 7.11. The molecule has 4 aromatic rings. The molecular formula is C32H34N4O2. The van der Waals surface area contributed by atoms with E-state index < -0.39 is 5.60 Å². The summed E-state index contributed by atoms with van der Waals surface area (Å²) in [7, 11) is 0. The molecule has 0 spiro atoms. The predicted molar refractivity (Wildman–Crippen MR) is 151 cm³/mol. The van der Waals surface area contributed by atoms with Crippen LogP contribution in [0.1, 0.15) is 45.2 Å². The zero-order chi connectivity index (χ0) is 26.9. The molecular weight excluding hydrogens is 472 g/mol. The van der Waals surface area contributed by atoms with Gasteiger partial charge in [-0.15, -0.1) is 0 Å². The zero-order valence-corrected chi connectivity index (χ0v) is 22.6. The fourth-order valence-electron chi connectivity index (χ4n) is 5.08. The van der Waals surface area contributed by atoms with Gasteiger partial charge in [-0.1, -0.05) is 43.3 Å². The molecule has 0 aliphatic carbocycles. The molecule has 1 aliphatic heterocycles. The van der Waals surface area contributed by atoms with Gasteiger partial charge in [0.1, 0.15) is 5.60 Å². The van der Waals surface area contributed by atoms with E-state index in [0.717, 1.165) is 52.8 Å². The highest BCUT2D eigenvalue weighted by atomic mass is 16.6. The Morgan fingerprint density at radius 3 is 2.45 bits per heavy atom. The topological polar surface area (TPSA) is 71.2 Å². The smallest absolute Gasteiger partial charge is 0.410 e. The molecule has 38 heavy (non-hydrogen) atoms. The van der Waals surface area contributed by atoms with E-state index in [1.165, 1.54) is 5.56 Å². The molecule has 1 unspecified atom stereocenters. The van der Waals surface area contributed by atoms with Crippen molar-refractivity contribution in [1.29, 1.82) is 5.26 Å². The molecule has 6 nitrogen and oxygen atoms in total. The summed E-state index contributed by atoms with van der Waals surface area (Å²) < 4.78 is 7.83. The molecule has 1 atom stereocenters. The molecule has 2 aromatic heterocycles. The third-order valence-corrected chi connectivity index (χ3v) is 7.11. The minimum Gasteiger partial charge on any atom is -0.444 e. The number of ether oxygens (including phenoxy) is 1. The summed E-state index contributed by atoms with van der Waals surface area (Å²) >= 11 is 0. The van der Waals surface area contributed by atoms with Gasteiger partial charge in [-0.25, -0.2) is 9.78 Å². The Balaban J connectivity index is 1.48. The van der Waals surface area contributed by atoms with Gasteiger partial charge in [0.25, 0.3) is 0 Å². The second kappa shape index (κ2) is 10.3. The van der Waals surface area contributed by atoms with E-state index in [4.69, 9.17) is 9.72 Å². The number of benzene rings is 2. The van der Waals surface area contributed by atoms with Crippen LogP contribution in [0.25, 0.3) is 33.4 Å². The van der Waals surface area contributed by atoms with Crippen LogP contribution in [0.3, 0.4) is 0 Å². The molecule has 0 radical (unpaired) electrons. The van der Waals surface area contributed by atoms with Crippen LogP contribution in [0.15, 0.2) is 66.9 Å². The number of nitriles is 1. The molecule has 0 bridgehead atoms. The van der Waals surface area contributed by atoms with Crippen molar-refractivity contribution in [2.75, 3.05) is 13.1 Å². The van der Waals surface area contributed by atoms with Crippen molar-refractivity contribution < 1.29 is 9.53 Å². The number of aryl methyl sites for hydroxylation is 1. The van der Waals surface area contributed by atoms with E-state index in [9.17, 15) is 10.1 Å². The Morgan fingerprint density at radius 2 is 1.79 bits per heavy atom. The number of likely N-dealkylation sites (tertiary alicyclic amines) is 1. The maximum Gasteiger partial charge on any atom is 0.410 e. The fraction of sp³-hybridized carbons (Fsp3) is 0.344. The van der Waals surface area contributed by atoms with Crippen LogP contribution in [0.5, 0.6) is 0 Å². The van der Waals surface area contributed by atoms with Crippen molar-refractivity contribution in [2.45, 2.75) is 52.7 Å². The standard InChI is InChI=1S/C32H34N4O2/c1-5-22-6-12-26(13-7-22)30-27(25-10-8-23(19-33)9-11-25)18-29-28(34-30)15-17-35(29)20-24-14-16-36(21-24)31(37)38-32(2,3)4/h6-13,15,17-18,24H,5,14,16,20-21H2,1-4H3. The Hall–Kier alpha value is -4.11.